The zero-order valence-electron chi connectivity index (χ0n) is 40.2. The van der Waals surface area contributed by atoms with Crippen LogP contribution in [0.25, 0.3) is 11.1 Å². The molecule has 0 amide bonds. The van der Waals surface area contributed by atoms with Gasteiger partial charge in [-0.25, -0.2) is 0 Å². The van der Waals surface area contributed by atoms with Gasteiger partial charge in [-0.2, -0.15) is 0 Å². The minimum atomic E-state index is -0.0269. The minimum absolute atomic E-state index is 0.0126. The van der Waals surface area contributed by atoms with Gasteiger partial charge < -0.3 is 14.7 Å². The lowest BCUT2D eigenvalue weighted by Crippen LogP contribution is -2.61. The predicted octanol–water partition coefficient (Wildman–Crippen LogP) is 15.4. The molecule has 4 aliphatic rings. The number of hydrogen-bond donors (Lipinski definition) is 0. The van der Waals surface area contributed by atoms with Gasteiger partial charge in [-0.05, 0) is 165 Å². The molecule has 67 heavy (non-hydrogen) atoms. The summed E-state index contributed by atoms with van der Waals surface area (Å²) in [5, 5.41) is 0. The summed E-state index contributed by atoms with van der Waals surface area (Å²) in [7, 11) is 0. The Labute approximate surface area is 398 Å². The summed E-state index contributed by atoms with van der Waals surface area (Å²) in [4.78, 5) is 7.63. The average molecular weight is 870 g/mol. The Balaban J connectivity index is 1.15. The summed E-state index contributed by atoms with van der Waals surface area (Å²) in [6.07, 6.45) is 6.23. The van der Waals surface area contributed by atoms with Gasteiger partial charge >= 0.3 is 0 Å². The third-order valence-electron chi connectivity index (χ3n) is 15.6. The molecule has 4 heteroatoms. The molecule has 0 atom stereocenters. The van der Waals surface area contributed by atoms with Crippen LogP contribution in [0, 0.1) is 6.92 Å². The van der Waals surface area contributed by atoms with E-state index < -0.39 is 0 Å². The highest BCUT2D eigenvalue weighted by Crippen LogP contribution is 2.57. The highest BCUT2D eigenvalue weighted by atomic mass is 15.2. The first-order valence-electron chi connectivity index (χ1n) is 24.7. The summed E-state index contributed by atoms with van der Waals surface area (Å²) < 4.78 is 0. The van der Waals surface area contributed by atoms with Crippen molar-refractivity contribution in [2.24, 2.45) is 0 Å². The number of anilines is 9. The number of para-hydroxylation sites is 2. The van der Waals surface area contributed by atoms with Gasteiger partial charge in [-0.15, -0.1) is 0 Å². The number of aryl methyl sites for hydroxylation is 1. The van der Waals surface area contributed by atoms with Crippen molar-refractivity contribution in [2.75, 3.05) is 14.7 Å². The van der Waals surface area contributed by atoms with Crippen molar-refractivity contribution in [2.45, 2.75) is 96.8 Å². The lowest BCUT2D eigenvalue weighted by Gasteiger charge is -2.45. The first kappa shape index (κ1) is 41.6. The Morgan fingerprint density at radius 1 is 0.448 bits per heavy atom. The Kier molecular flexibility index (Phi) is 9.56. The standard InChI is InChI=1S/C63H60BN3/c1-42-37-58-60-59(38-42)67(48-30-32-51-50-23-15-16-24-52(50)63(53(51)40-48)35-17-10-18-36-63)57-41-49(65(45-19-11-8-12-20-45)46-21-13-9-14-22-46)31-33-54(57)64(60)55-39-44(62(5,6)7)27-34-56(55)66(58)47-28-25-43(26-29-47)61(2,3)4/h8-9,11-16,19-34,37-41H,10,17-18,35-36H2,1-7H3. The van der Waals surface area contributed by atoms with Crippen molar-refractivity contribution < 1.29 is 0 Å². The zero-order valence-corrected chi connectivity index (χ0v) is 40.2. The molecular formula is C63H60BN3. The first-order chi connectivity index (χ1) is 32.4. The van der Waals surface area contributed by atoms with Crippen molar-refractivity contribution in [3.63, 3.8) is 0 Å². The number of rotatable bonds is 5. The highest BCUT2D eigenvalue weighted by molar-refractivity contribution is 7.00. The monoisotopic (exact) mass is 869 g/mol. The SMILES string of the molecule is Cc1cc2c3c(c1)N(c1ccc4c(c1)C1(CCCCC1)c1ccccc1-4)c1cc(N(c4ccccc4)c4ccccc4)ccc1B3c1cc(C(C)(C)C)ccc1N2c1ccc(C(C)(C)C)cc1. The largest absolute Gasteiger partial charge is 0.311 e. The van der Waals surface area contributed by atoms with E-state index in [0.29, 0.717) is 0 Å². The molecule has 0 aromatic heterocycles. The fraction of sp³-hybridized carbons (Fsp3) is 0.238. The zero-order chi connectivity index (χ0) is 45.8. The number of nitrogens with zero attached hydrogens (tertiary/aromatic N) is 3. The molecule has 8 aromatic carbocycles. The second kappa shape index (κ2) is 15.4. The molecule has 0 N–H and O–H groups in total. The predicted molar refractivity (Wildman–Crippen MR) is 287 cm³/mol. The Hall–Kier alpha value is -6.78. The summed E-state index contributed by atoms with van der Waals surface area (Å²) in [6.45, 7) is 16.3. The molecular weight excluding hydrogens is 810 g/mol. The summed E-state index contributed by atoms with van der Waals surface area (Å²) >= 11 is 0. The molecule has 1 spiro atoms. The van der Waals surface area contributed by atoms with E-state index in [-0.39, 0.29) is 23.0 Å². The summed E-state index contributed by atoms with van der Waals surface area (Å²) in [5.74, 6) is 0. The molecule has 330 valence electrons. The van der Waals surface area contributed by atoms with Gasteiger partial charge in [0, 0.05) is 56.6 Å². The number of benzene rings is 8. The van der Waals surface area contributed by atoms with Gasteiger partial charge in [0.2, 0.25) is 0 Å². The lowest BCUT2D eigenvalue weighted by molar-refractivity contribution is 0.353. The van der Waals surface area contributed by atoms with E-state index in [9.17, 15) is 0 Å². The van der Waals surface area contributed by atoms with Gasteiger partial charge in [-0.3, -0.25) is 0 Å². The molecule has 3 nitrogen and oxygen atoms in total. The van der Waals surface area contributed by atoms with Crippen LogP contribution >= 0.6 is 0 Å². The molecule has 12 rings (SSSR count). The van der Waals surface area contributed by atoms with E-state index in [4.69, 9.17) is 0 Å². The van der Waals surface area contributed by atoms with E-state index >= 15 is 0 Å². The van der Waals surface area contributed by atoms with Gasteiger partial charge in [0.05, 0.1) is 0 Å². The van der Waals surface area contributed by atoms with Gasteiger partial charge in [0.15, 0.2) is 0 Å². The molecule has 0 bridgehead atoms. The molecule has 1 saturated carbocycles. The van der Waals surface area contributed by atoms with Gasteiger partial charge in [0.25, 0.3) is 6.71 Å². The van der Waals surface area contributed by atoms with E-state index in [0.717, 1.165) is 17.1 Å². The fourth-order valence-corrected chi connectivity index (χ4v) is 12.3. The van der Waals surface area contributed by atoms with Crippen LogP contribution in [0.5, 0.6) is 0 Å². The average Bonchev–Trinajstić information content (AvgIpc) is 3.59. The van der Waals surface area contributed by atoms with E-state index in [1.54, 1.807) is 0 Å². The van der Waals surface area contributed by atoms with Crippen LogP contribution in [0.4, 0.5) is 51.2 Å². The van der Waals surface area contributed by atoms with Gasteiger partial charge in [0.1, 0.15) is 0 Å². The van der Waals surface area contributed by atoms with Crippen LogP contribution < -0.4 is 31.1 Å². The highest BCUT2D eigenvalue weighted by Gasteiger charge is 2.47. The lowest BCUT2D eigenvalue weighted by atomic mass is 9.33. The number of fused-ring (bicyclic) bond motifs is 9. The Morgan fingerprint density at radius 2 is 1.03 bits per heavy atom. The molecule has 0 radical (unpaired) electrons. The van der Waals surface area contributed by atoms with Gasteiger partial charge in [-0.1, -0.05) is 158 Å². The molecule has 2 aliphatic carbocycles. The molecule has 8 aromatic rings. The van der Waals surface area contributed by atoms with Crippen molar-refractivity contribution in [3.8, 4) is 11.1 Å². The van der Waals surface area contributed by atoms with Crippen LogP contribution in [-0.4, -0.2) is 6.71 Å². The van der Waals surface area contributed by atoms with Crippen LogP contribution in [0.2, 0.25) is 0 Å². The molecule has 0 saturated heterocycles. The third-order valence-corrected chi connectivity index (χ3v) is 15.6. The summed E-state index contributed by atoms with van der Waals surface area (Å²) in [5.41, 5.74) is 24.7. The van der Waals surface area contributed by atoms with Crippen LogP contribution in [0.15, 0.2) is 176 Å². The summed E-state index contributed by atoms with van der Waals surface area (Å²) in [6, 6.07) is 67.4. The molecule has 2 heterocycles. The normalized spacial score (nSPS) is 15.4. The molecule has 1 fully saturated rings. The number of hydrogen-bond acceptors (Lipinski definition) is 3. The topological polar surface area (TPSA) is 9.72 Å². The van der Waals surface area contributed by atoms with Crippen molar-refractivity contribution >= 4 is 74.3 Å². The Bertz CT molecular complexity index is 3170. The second-order valence-corrected chi connectivity index (χ2v) is 21.8. The fourth-order valence-electron chi connectivity index (χ4n) is 12.3. The maximum atomic E-state index is 2.65. The maximum Gasteiger partial charge on any atom is 0.252 e. The molecule has 2 aliphatic heterocycles. The Morgan fingerprint density at radius 3 is 1.69 bits per heavy atom. The quantitative estimate of drug-likeness (QED) is 0.160. The van der Waals surface area contributed by atoms with E-state index in [1.165, 1.54) is 122 Å². The van der Waals surface area contributed by atoms with Crippen molar-refractivity contribution in [1.82, 2.24) is 0 Å². The van der Waals surface area contributed by atoms with Crippen LogP contribution in [0.1, 0.15) is 101 Å². The van der Waals surface area contributed by atoms with Crippen molar-refractivity contribution in [3.05, 3.63) is 204 Å². The van der Waals surface area contributed by atoms with E-state index in [2.05, 4.69) is 239 Å². The minimum Gasteiger partial charge on any atom is -0.311 e. The van der Waals surface area contributed by atoms with Crippen LogP contribution in [0.3, 0.4) is 0 Å². The van der Waals surface area contributed by atoms with E-state index in [1.807, 2.05) is 0 Å². The van der Waals surface area contributed by atoms with Crippen molar-refractivity contribution in [1.29, 1.82) is 0 Å². The molecule has 0 unspecified atom stereocenters. The third kappa shape index (κ3) is 6.62. The van der Waals surface area contributed by atoms with Crippen LogP contribution in [-0.2, 0) is 16.2 Å². The first-order valence-corrected chi connectivity index (χ1v) is 24.7. The smallest absolute Gasteiger partial charge is 0.252 e. The second-order valence-electron chi connectivity index (χ2n) is 21.8. The maximum absolute atomic E-state index is 2.65.